The molecule has 4 rings (SSSR count). The topological polar surface area (TPSA) is 94.7 Å². The highest BCUT2D eigenvalue weighted by atomic mass is 16.1. The monoisotopic (exact) mass is 418 g/mol. The number of fused-ring (bicyclic) bond motifs is 2. The first-order valence-electron chi connectivity index (χ1n) is 10.6. The number of hydrogen-bond donors (Lipinski definition) is 1. The first kappa shape index (κ1) is 20.7. The number of aromatic nitrogens is 5. The van der Waals surface area contributed by atoms with Gasteiger partial charge in [0.2, 0.25) is 5.91 Å². The van der Waals surface area contributed by atoms with E-state index in [9.17, 15) is 9.59 Å². The van der Waals surface area contributed by atoms with Crippen molar-refractivity contribution in [2.45, 2.75) is 45.2 Å². The van der Waals surface area contributed by atoms with Crippen molar-refractivity contribution in [1.29, 1.82) is 0 Å². The van der Waals surface area contributed by atoms with Crippen molar-refractivity contribution in [3.8, 4) is 0 Å². The Bertz CT molecular complexity index is 1280. The van der Waals surface area contributed by atoms with Crippen LogP contribution in [0.25, 0.3) is 21.9 Å². The summed E-state index contributed by atoms with van der Waals surface area (Å²) in [7, 11) is 1.96. The molecule has 1 N–H and O–H groups in total. The Hall–Kier alpha value is -3.55. The number of aryl methyl sites for hydroxylation is 2. The fourth-order valence-electron chi connectivity index (χ4n) is 3.82. The maximum absolute atomic E-state index is 12.4. The van der Waals surface area contributed by atoms with Crippen molar-refractivity contribution in [2.24, 2.45) is 7.05 Å². The lowest BCUT2D eigenvalue weighted by molar-refractivity contribution is -0.121. The Labute approximate surface area is 179 Å². The van der Waals surface area contributed by atoms with Gasteiger partial charge in [0.15, 0.2) is 0 Å². The van der Waals surface area contributed by atoms with Gasteiger partial charge in [-0.05, 0) is 44.0 Å². The molecule has 160 valence electrons. The van der Waals surface area contributed by atoms with E-state index in [1.165, 1.54) is 4.68 Å². The Morgan fingerprint density at radius 2 is 1.77 bits per heavy atom. The molecule has 8 nitrogen and oxygen atoms in total. The SMILES string of the molecule is C[C@H](NC(=O)CCCCCn1nnc2ccccc2c1=O)c1nc2ccccc2n1C. The molecule has 31 heavy (non-hydrogen) atoms. The van der Waals surface area contributed by atoms with Crippen LogP contribution in [0.1, 0.15) is 44.5 Å². The van der Waals surface area contributed by atoms with E-state index in [1.807, 2.05) is 54.9 Å². The lowest BCUT2D eigenvalue weighted by Gasteiger charge is -2.14. The second-order valence-corrected chi connectivity index (χ2v) is 7.75. The van der Waals surface area contributed by atoms with Crippen LogP contribution in [-0.4, -0.2) is 30.5 Å². The normalized spacial score (nSPS) is 12.3. The molecule has 0 aliphatic carbocycles. The van der Waals surface area contributed by atoms with Crippen LogP contribution in [-0.2, 0) is 18.4 Å². The zero-order chi connectivity index (χ0) is 21.8. The molecule has 0 bridgehead atoms. The van der Waals surface area contributed by atoms with Crippen LogP contribution < -0.4 is 10.9 Å². The van der Waals surface area contributed by atoms with E-state index < -0.39 is 0 Å². The molecule has 0 fully saturated rings. The first-order chi connectivity index (χ1) is 15.0. The van der Waals surface area contributed by atoms with Gasteiger partial charge in [-0.3, -0.25) is 9.59 Å². The minimum atomic E-state index is -0.170. The smallest absolute Gasteiger partial charge is 0.277 e. The number of para-hydroxylation sites is 2. The lowest BCUT2D eigenvalue weighted by atomic mass is 10.1. The summed E-state index contributed by atoms with van der Waals surface area (Å²) in [6.45, 7) is 2.44. The third-order valence-corrected chi connectivity index (χ3v) is 5.49. The van der Waals surface area contributed by atoms with Crippen LogP contribution in [0.3, 0.4) is 0 Å². The number of unbranched alkanes of at least 4 members (excludes halogenated alkanes) is 2. The van der Waals surface area contributed by atoms with Crippen molar-refractivity contribution < 1.29 is 4.79 Å². The van der Waals surface area contributed by atoms with Gasteiger partial charge >= 0.3 is 0 Å². The fourth-order valence-corrected chi connectivity index (χ4v) is 3.82. The van der Waals surface area contributed by atoms with Crippen LogP contribution in [0.15, 0.2) is 53.3 Å². The maximum Gasteiger partial charge on any atom is 0.277 e. The van der Waals surface area contributed by atoms with Crippen LogP contribution >= 0.6 is 0 Å². The van der Waals surface area contributed by atoms with Crippen LogP contribution in [0, 0.1) is 0 Å². The van der Waals surface area contributed by atoms with Crippen LogP contribution in [0.2, 0.25) is 0 Å². The molecule has 2 heterocycles. The summed E-state index contributed by atoms with van der Waals surface area (Å²) in [5.74, 6) is 0.839. The molecule has 0 aliphatic heterocycles. The van der Waals surface area contributed by atoms with Crippen molar-refractivity contribution in [1.82, 2.24) is 29.9 Å². The van der Waals surface area contributed by atoms with Gasteiger partial charge in [0.1, 0.15) is 11.3 Å². The van der Waals surface area contributed by atoms with Crippen molar-refractivity contribution in [3.05, 3.63) is 64.7 Å². The standard InChI is InChI=1S/C23H26N6O2/c1-16(22-25-19-12-7-8-13-20(19)28(22)2)24-21(30)14-4-3-9-15-29-23(31)17-10-5-6-11-18(17)26-27-29/h5-8,10-13,16H,3-4,9,14-15H2,1-2H3,(H,24,30)/t16-/m0/s1. The fraction of sp³-hybridized carbons (Fsp3) is 0.348. The van der Waals surface area contributed by atoms with Gasteiger partial charge in [0, 0.05) is 20.0 Å². The summed E-state index contributed by atoms with van der Waals surface area (Å²) < 4.78 is 3.42. The molecular weight excluding hydrogens is 392 g/mol. The van der Waals surface area contributed by atoms with E-state index in [2.05, 4.69) is 20.6 Å². The van der Waals surface area contributed by atoms with Gasteiger partial charge < -0.3 is 9.88 Å². The number of nitrogens with zero attached hydrogens (tertiary/aromatic N) is 5. The van der Waals surface area contributed by atoms with Gasteiger partial charge in [0.25, 0.3) is 5.56 Å². The van der Waals surface area contributed by atoms with E-state index in [0.717, 1.165) is 36.1 Å². The van der Waals surface area contributed by atoms with Gasteiger partial charge in [-0.25, -0.2) is 9.67 Å². The van der Waals surface area contributed by atoms with E-state index in [1.54, 1.807) is 12.1 Å². The summed E-state index contributed by atoms with van der Waals surface area (Å²) in [6, 6.07) is 15.0. The quantitative estimate of drug-likeness (QED) is 0.444. The predicted molar refractivity (Wildman–Crippen MR) is 120 cm³/mol. The van der Waals surface area contributed by atoms with Crippen molar-refractivity contribution in [3.63, 3.8) is 0 Å². The summed E-state index contributed by atoms with van der Waals surface area (Å²) in [6.07, 6.45) is 2.78. The molecule has 1 atom stereocenters. The number of carbonyl (C=O) groups excluding carboxylic acids is 1. The Morgan fingerprint density at radius 3 is 2.58 bits per heavy atom. The Morgan fingerprint density at radius 1 is 1.03 bits per heavy atom. The van der Waals surface area contributed by atoms with Gasteiger partial charge in [0.05, 0.1) is 22.5 Å². The maximum atomic E-state index is 12.4. The van der Waals surface area contributed by atoms with Crippen molar-refractivity contribution >= 4 is 27.8 Å². The van der Waals surface area contributed by atoms with Crippen LogP contribution in [0.5, 0.6) is 0 Å². The molecule has 0 saturated heterocycles. The van der Waals surface area contributed by atoms with Crippen molar-refractivity contribution in [2.75, 3.05) is 0 Å². The van der Waals surface area contributed by atoms with E-state index in [4.69, 9.17) is 0 Å². The number of carbonyl (C=O) groups is 1. The number of amides is 1. The molecule has 0 aliphatic rings. The Kier molecular flexibility index (Phi) is 6.06. The summed E-state index contributed by atoms with van der Waals surface area (Å²) in [4.78, 5) is 29.4. The highest BCUT2D eigenvalue weighted by molar-refractivity contribution is 5.78. The number of nitrogens with one attached hydrogen (secondary N) is 1. The summed E-state index contributed by atoms with van der Waals surface area (Å²) in [5.41, 5.74) is 2.45. The molecule has 4 aromatic rings. The zero-order valence-corrected chi connectivity index (χ0v) is 17.8. The molecular formula is C23H26N6O2. The third kappa shape index (κ3) is 4.47. The minimum absolute atomic E-state index is 0.00206. The molecule has 8 heteroatoms. The average molecular weight is 419 g/mol. The second kappa shape index (κ2) is 9.07. The summed E-state index contributed by atoms with van der Waals surface area (Å²) >= 11 is 0. The molecule has 0 spiro atoms. The summed E-state index contributed by atoms with van der Waals surface area (Å²) in [5, 5.41) is 11.7. The minimum Gasteiger partial charge on any atom is -0.346 e. The molecule has 2 aromatic carbocycles. The van der Waals surface area contributed by atoms with Gasteiger partial charge in [-0.1, -0.05) is 35.9 Å². The van der Waals surface area contributed by atoms with E-state index in [0.29, 0.717) is 23.9 Å². The largest absolute Gasteiger partial charge is 0.346 e. The van der Waals surface area contributed by atoms with Gasteiger partial charge in [-0.2, -0.15) is 0 Å². The molecule has 0 saturated carbocycles. The van der Waals surface area contributed by atoms with Crippen LogP contribution in [0.4, 0.5) is 0 Å². The highest BCUT2D eigenvalue weighted by Gasteiger charge is 2.16. The second-order valence-electron chi connectivity index (χ2n) is 7.75. The Balaban J connectivity index is 1.24. The molecule has 0 unspecified atom stereocenters. The van der Waals surface area contributed by atoms with Gasteiger partial charge in [-0.15, -0.1) is 5.10 Å². The molecule has 1 amide bonds. The number of rotatable bonds is 8. The predicted octanol–water partition coefficient (Wildman–Crippen LogP) is 3.12. The third-order valence-electron chi connectivity index (χ3n) is 5.49. The highest BCUT2D eigenvalue weighted by Crippen LogP contribution is 2.19. The molecule has 0 radical (unpaired) electrons. The lowest BCUT2D eigenvalue weighted by Crippen LogP contribution is -2.28. The number of benzene rings is 2. The number of imidazole rings is 1. The average Bonchev–Trinajstić information content (AvgIpc) is 3.12. The van der Waals surface area contributed by atoms with E-state index >= 15 is 0 Å². The molecule has 2 aromatic heterocycles. The number of hydrogen-bond acceptors (Lipinski definition) is 5. The van der Waals surface area contributed by atoms with E-state index in [-0.39, 0.29) is 17.5 Å². The zero-order valence-electron chi connectivity index (χ0n) is 17.8. The first-order valence-corrected chi connectivity index (χ1v) is 10.6.